The fourth-order valence-corrected chi connectivity index (χ4v) is 2.01. The molecule has 0 bridgehead atoms. The van der Waals surface area contributed by atoms with Gasteiger partial charge in [0.25, 0.3) is 0 Å². The number of nitrogens with one attached hydrogen (secondary N) is 1. The molecule has 7 heteroatoms. The molecule has 2 aromatic rings. The normalized spacial score (nSPS) is 12.7. The number of aromatic nitrogens is 2. The van der Waals surface area contributed by atoms with Crippen LogP contribution < -0.4 is 11.3 Å². The number of nitrogens with zero attached hydrogens (tertiary/aromatic N) is 2. The van der Waals surface area contributed by atoms with Gasteiger partial charge in [-0.05, 0) is 13.0 Å². The van der Waals surface area contributed by atoms with E-state index in [9.17, 15) is 13.2 Å². The van der Waals surface area contributed by atoms with E-state index in [1.54, 1.807) is 20.2 Å². The number of halogens is 3. The Hall–Kier alpha value is -1.86. The van der Waals surface area contributed by atoms with Gasteiger partial charge >= 0.3 is 0 Å². The molecule has 1 heterocycles. The van der Waals surface area contributed by atoms with Crippen LogP contribution in [0.4, 0.5) is 13.2 Å². The van der Waals surface area contributed by atoms with E-state index in [-0.39, 0.29) is 5.56 Å². The van der Waals surface area contributed by atoms with E-state index in [1.165, 1.54) is 4.68 Å². The number of hydrogen-bond acceptors (Lipinski definition) is 3. The fourth-order valence-electron chi connectivity index (χ4n) is 2.01. The number of hydrogen-bond donors (Lipinski definition) is 2. The molecule has 0 aliphatic rings. The Morgan fingerprint density at radius 3 is 2.42 bits per heavy atom. The Bertz CT molecular complexity index is 609. The minimum atomic E-state index is -1.51. The summed E-state index contributed by atoms with van der Waals surface area (Å²) < 4.78 is 41.5. The third-order valence-electron chi connectivity index (χ3n) is 2.91. The SMILES string of the molecule is Cc1nn(C)cc1C(NN)c1ccc(F)c(F)c1F. The predicted molar refractivity (Wildman–Crippen MR) is 63.4 cm³/mol. The quantitative estimate of drug-likeness (QED) is 0.507. The van der Waals surface area contributed by atoms with Gasteiger partial charge in [0.15, 0.2) is 17.5 Å². The molecule has 1 unspecified atom stereocenters. The molecule has 3 N–H and O–H groups in total. The lowest BCUT2D eigenvalue weighted by Crippen LogP contribution is -2.30. The number of rotatable bonds is 3. The lowest BCUT2D eigenvalue weighted by molar-refractivity contribution is 0.433. The number of hydrazine groups is 1. The molecule has 0 radical (unpaired) electrons. The average molecular weight is 270 g/mol. The van der Waals surface area contributed by atoms with Crippen molar-refractivity contribution in [2.45, 2.75) is 13.0 Å². The predicted octanol–water partition coefficient (Wildman–Crippen LogP) is 1.70. The number of aryl methyl sites for hydroxylation is 2. The zero-order valence-electron chi connectivity index (χ0n) is 10.4. The monoisotopic (exact) mass is 270 g/mol. The fraction of sp³-hybridized carbons (Fsp3) is 0.250. The van der Waals surface area contributed by atoms with Gasteiger partial charge in [0, 0.05) is 24.4 Å². The summed E-state index contributed by atoms with van der Waals surface area (Å²) in [6, 6.07) is 1.22. The van der Waals surface area contributed by atoms with Crippen LogP contribution >= 0.6 is 0 Å². The molecule has 2 rings (SSSR count). The first-order valence-electron chi connectivity index (χ1n) is 5.55. The van der Waals surface area contributed by atoms with Crippen molar-refractivity contribution in [1.82, 2.24) is 15.2 Å². The minimum absolute atomic E-state index is 0.0718. The summed E-state index contributed by atoms with van der Waals surface area (Å²) in [4.78, 5) is 0. The molecule has 1 atom stereocenters. The van der Waals surface area contributed by atoms with E-state index in [1.807, 2.05) is 0 Å². The second kappa shape index (κ2) is 5.02. The summed E-state index contributed by atoms with van der Waals surface area (Å²) in [5.41, 5.74) is 3.53. The van der Waals surface area contributed by atoms with Crippen LogP contribution in [0.5, 0.6) is 0 Å². The van der Waals surface area contributed by atoms with E-state index in [0.717, 1.165) is 12.1 Å². The second-order valence-electron chi connectivity index (χ2n) is 4.21. The van der Waals surface area contributed by atoms with Gasteiger partial charge in [-0.15, -0.1) is 0 Å². The van der Waals surface area contributed by atoms with Gasteiger partial charge in [-0.25, -0.2) is 18.6 Å². The topological polar surface area (TPSA) is 55.9 Å². The highest BCUT2D eigenvalue weighted by Crippen LogP contribution is 2.27. The average Bonchev–Trinajstić information content (AvgIpc) is 2.69. The van der Waals surface area contributed by atoms with Gasteiger partial charge in [-0.3, -0.25) is 10.5 Å². The van der Waals surface area contributed by atoms with Gasteiger partial charge in [0.1, 0.15) is 0 Å². The Balaban J connectivity index is 2.54. The maximum atomic E-state index is 13.8. The van der Waals surface area contributed by atoms with Crippen molar-refractivity contribution in [3.8, 4) is 0 Å². The van der Waals surface area contributed by atoms with Crippen LogP contribution in [0.3, 0.4) is 0 Å². The summed E-state index contributed by atoms with van der Waals surface area (Å²) in [6.45, 7) is 1.72. The number of nitrogens with two attached hydrogens (primary N) is 1. The van der Waals surface area contributed by atoms with Crippen LogP contribution in [0.15, 0.2) is 18.3 Å². The molecule has 0 saturated carbocycles. The summed E-state index contributed by atoms with van der Waals surface area (Å²) in [6.07, 6.45) is 1.64. The van der Waals surface area contributed by atoms with Crippen molar-refractivity contribution in [3.63, 3.8) is 0 Å². The Morgan fingerprint density at radius 2 is 1.89 bits per heavy atom. The summed E-state index contributed by atoms with van der Waals surface area (Å²) in [5.74, 6) is 1.39. The van der Waals surface area contributed by atoms with Crippen molar-refractivity contribution in [2.75, 3.05) is 0 Å². The van der Waals surface area contributed by atoms with E-state index in [0.29, 0.717) is 11.3 Å². The second-order valence-corrected chi connectivity index (χ2v) is 4.21. The van der Waals surface area contributed by atoms with Crippen LogP contribution in [-0.4, -0.2) is 9.78 Å². The number of benzene rings is 1. The van der Waals surface area contributed by atoms with Gasteiger partial charge in [-0.1, -0.05) is 6.07 Å². The van der Waals surface area contributed by atoms with Crippen molar-refractivity contribution in [2.24, 2.45) is 12.9 Å². The Kier molecular flexibility index (Phi) is 3.59. The van der Waals surface area contributed by atoms with Crippen LogP contribution in [0.2, 0.25) is 0 Å². The van der Waals surface area contributed by atoms with E-state index in [4.69, 9.17) is 5.84 Å². The third kappa shape index (κ3) is 2.34. The molecule has 0 amide bonds. The maximum absolute atomic E-state index is 13.8. The smallest absolute Gasteiger partial charge is 0.194 e. The minimum Gasteiger partial charge on any atom is -0.275 e. The Labute approximate surface area is 108 Å². The molecule has 0 saturated heterocycles. The molecular formula is C12H13F3N4. The lowest BCUT2D eigenvalue weighted by Gasteiger charge is -2.16. The van der Waals surface area contributed by atoms with Gasteiger partial charge in [0.2, 0.25) is 0 Å². The highest BCUT2D eigenvalue weighted by atomic mass is 19.2. The molecule has 0 aliphatic heterocycles. The first-order chi connectivity index (χ1) is 8.95. The van der Waals surface area contributed by atoms with Gasteiger partial charge in [-0.2, -0.15) is 5.10 Å². The standard InChI is InChI=1S/C12H13F3N4/c1-6-8(5-19(2)18-6)12(17-16)7-3-4-9(13)11(15)10(7)14/h3-5,12,17H,16H2,1-2H3. The third-order valence-corrected chi connectivity index (χ3v) is 2.91. The molecule has 0 fully saturated rings. The van der Waals surface area contributed by atoms with E-state index < -0.39 is 23.5 Å². The molecular weight excluding hydrogens is 257 g/mol. The van der Waals surface area contributed by atoms with Crippen LogP contribution in [0.1, 0.15) is 22.9 Å². The van der Waals surface area contributed by atoms with E-state index >= 15 is 0 Å². The molecule has 1 aromatic carbocycles. The highest BCUT2D eigenvalue weighted by molar-refractivity contribution is 5.34. The highest BCUT2D eigenvalue weighted by Gasteiger charge is 2.23. The lowest BCUT2D eigenvalue weighted by atomic mass is 9.99. The maximum Gasteiger partial charge on any atom is 0.194 e. The van der Waals surface area contributed by atoms with Crippen LogP contribution in [-0.2, 0) is 7.05 Å². The first kappa shape index (κ1) is 13.6. The molecule has 102 valence electrons. The molecule has 0 spiro atoms. The van der Waals surface area contributed by atoms with Gasteiger partial charge < -0.3 is 0 Å². The first-order valence-corrected chi connectivity index (χ1v) is 5.55. The summed E-state index contributed by atoms with van der Waals surface area (Å²) in [5, 5.41) is 4.11. The summed E-state index contributed by atoms with van der Waals surface area (Å²) in [7, 11) is 1.70. The largest absolute Gasteiger partial charge is 0.275 e. The van der Waals surface area contributed by atoms with Crippen LogP contribution in [0, 0.1) is 24.4 Å². The molecule has 19 heavy (non-hydrogen) atoms. The molecule has 0 aliphatic carbocycles. The van der Waals surface area contributed by atoms with Crippen molar-refractivity contribution in [3.05, 3.63) is 52.6 Å². The zero-order chi connectivity index (χ0) is 14.2. The Morgan fingerprint density at radius 1 is 1.21 bits per heavy atom. The molecule has 1 aromatic heterocycles. The molecule has 4 nitrogen and oxygen atoms in total. The van der Waals surface area contributed by atoms with Crippen molar-refractivity contribution in [1.29, 1.82) is 0 Å². The van der Waals surface area contributed by atoms with Crippen molar-refractivity contribution < 1.29 is 13.2 Å². The van der Waals surface area contributed by atoms with Crippen molar-refractivity contribution >= 4 is 0 Å². The zero-order valence-corrected chi connectivity index (χ0v) is 10.4. The van der Waals surface area contributed by atoms with Crippen LogP contribution in [0.25, 0.3) is 0 Å². The summed E-state index contributed by atoms with van der Waals surface area (Å²) >= 11 is 0. The van der Waals surface area contributed by atoms with E-state index in [2.05, 4.69) is 10.5 Å². The van der Waals surface area contributed by atoms with Gasteiger partial charge in [0.05, 0.1) is 11.7 Å².